The lowest BCUT2D eigenvalue weighted by molar-refractivity contribution is 0.590. The molecule has 2 aromatic heterocycles. The van der Waals surface area contributed by atoms with Gasteiger partial charge in [-0.15, -0.1) is 0 Å². The van der Waals surface area contributed by atoms with Crippen LogP contribution in [0.4, 0.5) is 34.1 Å². The first kappa shape index (κ1) is 39.6. The lowest BCUT2D eigenvalue weighted by Crippen LogP contribution is -2.61. The average Bonchev–Trinajstić information content (AvgIpc) is 3.92. The summed E-state index contributed by atoms with van der Waals surface area (Å²) in [7, 11) is 0. The molecule has 0 unspecified atom stereocenters. The van der Waals surface area contributed by atoms with Gasteiger partial charge in [0.1, 0.15) is 22.3 Å². The van der Waals surface area contributed by atoms with Crippen molar-refractivity contribution in [1.29, 1.82) is 0 Å². The third-order valence-electron chi connectivity index (χ3n) is 14.4. The fraction of sp³-hybridized carbons (Fsp3) is 0.129. The molecule has 0 spiro atoms. The zero-order chi connectivity index (χ0) is 45.3. The monoisotopic (exact) mass is 864 g/mol. The van der Waals surface area contributed by atoms with Crippen molar-refractivity contribution in [1.82, 2.24) is 0 Å². The molecule has 5 heteroatoms. The van der Waals surface area contributed by atoms with Crippen molar-refractivity contribution in [3.05, 3.63) is 199 Å². The highest BCUT2D eigenvalue weighted by atomic mass is 16.3. The molecule has 0 N–H and O–H groups in total. The van der Waals surface area contributed by atoms with E-state index in [2.05, 4.69) is 227 Å². The first-order chi connectivity index (χ1) is 32.5. The Morgan fingerprint density at radius 2 is 0.836 bits per heavy atom. The van der Waals surface area contributed by atoms with E-state index in [-0.39, 0.29) is 17.5 Å². The normalized spacial score (nSPS) is 13.4. The van der Waals surface area contributed by atoms with E-state index in [0.29, 0.717) is 0 Å². The minimum Gasteiger partial charge on any atom is -0.455 e. The van der Waals surface area contributed by atoms with E-state index in [9.17, 15) is 0 Å². The quantitative estimate of drug-likeness (QED) is 0.165. The van der Waals surface area contributed by atoms with E-state index >= 15 is 0 Å². The van der Waals surface area contributed by atoms with Crippen LogP contribution in [-0.2, 0) is 10.8 Å². The van der Waals surface area contributed by atoms with Crippen molar-refractivity contribution in [2.75, 3.05) is 9.80 Å². The van der Waals surface area contributed by atoms with Gasteiger partial charge in [0.25, 0.3) is 6.71 Å². The minimum absolute atomic E-state index is 0.0231. The zero-order valence-electron chi connectivity index (χ0n) is 38.7. The van der Waals surface area contributed by atoms with Gasteiger partial charge in [-0.25, -0.2) is 0 Å². The number of rotatable bonds is 4. The summed E-state index contributed by atoms with van der Waals surface area (Å²) in [6, 6.07) is 69.1. The average molecular weight is 865 g/mol. The molecule has 13 rings (SSSR count). The largest absolute Gasteiger partial charge is 0.455 e. The smallest absolute Gasteiger partial charge is 0.252 e. The molecule has 0 aliphatic carbocycles. The SMILES string of the molecule is CC(C)(C)c1ccc2c(c1)B1c3ccc(C(C)(C)C)cc3N(c3ccc(-c4cccc5c4oc4ccccc45)cc3)c3cccc(c31)N2c1ccc(-c2cccc3c2oc2ccccc23)cc1. The molecule has 0 radical (unpaired) electrons. The molecule has 11 aromatic rings. The van der Waals surface area contributed by atoms with Crippen LogP contribution < -0.4 is 26.2 Å². The lowest BCUT2D eigenvalue weighted by Gasteiger charge is -2.44. The summed E-state index contributed by atoms with van der Waals surface area (Å²) in [5.41, 5.74) is 21.6. The van der Waals surface area contributed by atoms with E-state index in [1.165, 1.54) is 50.3 Å². The molecule has 4 heterocycles. The van der Waals surface area contributed by atoms with E-state index in [4.69, 9.17) is 8.83 Å². The Labute approximate surface area is 391 Å². The second-order valence-corrected chi connectivity index (χ2v) is 20.5. The Balaban J connectivity index is 0.989. The third-order valence-corrected chi connectivity index (χ3v) is 14.4. The van der Waals surface area contributed by atoms with Gasteiger partial charge in [0.2, 0.25) is 0 Å². The summed E-state index contributed by atoms with van der Waals surface area (Å²) in [5.74, 6) is 0. The molecule has 322 valence electrons. The molecule has 2 aliphatic rings. The van der Waals surface area contributed by atoms with Crippen molar-refractivity contribution in [2.45, 2.75) is 52.4 Å². The molecule has 0 amide bonds. The number of nitrogens with zero attached hydrogens (tertiary/aromatic N) is 2. The van der Waals surface area contributed by atoms with Crippen molar-refractivity contribution in [2.24, 2.45) is 0 Å². The number of fused-ring (bicyclic) bond motifs is 10. The molecule has 9 aromatic carbocycles. The Kier molecular flexibility index (Phi) is 8.49. The number of furan rings is 2. The third kappa shape index (κ3) is 6.07. The molecule has 0 saturated carbocycles. The van der Waals surface area contributed by atoms with Crippen LogP contribution in [0.25, 0.3) is 66.1 Å². The number of para-hydroxylation sites is 4. The van der Waals surface area contributed by atoms with Crippen molar-refractivity contribution < 1.29 is 8.83 Å². The summed E-state index contributed by atoms with van der Waals surface area (Å²) < 4.78 is 13.0. The van der Waals surface area contributed by atoms with Crippen molar-refractivity contribution in [3.8, 4) is 22.3 Å². The topological polar surface area (TPSA) is 32.8 Å². The summed E-state index contributed by atoms with van der Waals surface area (Å²) in [5, 5.41) is 4.55. The van der Waals surface area contributed by atoms with Gasteiger partial charge in [0.05, 0.1) is 0 Å². The minimum atomic E-state index is -0.0410. The van der Waals surface area contributed by atoms with Gasteiger partial charge in [-0.3, -0.25) is 0 Å². The van der Waals surface area contributed by atoms with E-state index in [1.54, 1.807) is 0 Å². The molecule has 4 nitrogen and oxygen atoms in total. The predicted molar refractivity (Wildman–Crippen MR) is 283 cm³/mol. The maximum atomic E-state index is 6.51. The van der Waals surface area contributed by atoms with Crippen LogP contribution in [0.2, 0.25) is 0 Å². The Morgan fingerprint density at radius 3 is 1.37 bits per heavy atom. The Morgan fingerprint density at radius 1 is 0.373 bits per heavy atom. The van der Waals surface area contributed by atoms with Crippen LogP contribution in [0.15, 0.2) is 197 Å². The second-order valence-electron chi connectivity index (χ2n) is 20.5. The molecular weight excluding hydrogens is 816 g/mol. The highest BCUT2D eigenvalue weighted by Crippen LogP contribution is 2.47. The fourth-order valence-electron chi connectivity index (χ4n) is 11.0. The van der Waals surface area contributed by atoms with Gasteiger partial charge in [0.15, 0.2) is 0 Å². The van der Waals surface area contributed by atoms with E-state index in [1.807, 2.05) is 12.1 Å². The first-order valence-electron chi connectivity index (χ1n) is 23.5. The predicted octanol–water partition coefficient (Wildman–Crippen LogP) is 15.5. The maximum absolute atomic E-state index is 6.51. The van der Waals surface area contributed by atoms with Gasteiger partial charge in [-0.1, -0.05) is 169 Å². The van der Waals surface area contributed by atoms with Gasteiger partial charge in [-0.05, 0) is 110 Å². The highest BCUT2D eigenvalue weighted by molar-refractivity contribution is 7.00. The summed E-state index contributed by atoms with van der Waals surface area (Å²) in [4.78, 5) is 5.01. The molecule has 67 heavy (non-hydrogen) atoms. The molecule has 0 atom stereocenters. The Bertz CT molecular complexity index is 3790. The molecule has 0 fully saturated rings. The van der Waals surface area contributed by atoms with E-state index < -0.39 is 0 Å². The molecular formula is C62H49BN2O2. The number of anilines is 6. The highest BCUT2D eigenvalue weighted by Gasteiger charge is 2.44. The van der Waals surface area contributed by atoms with Gasteiger partial charge in [0, 0.05) is 66.8 Å². The second kappa shape index (κ2) is 14.4. The van der Waals surface area contributed by atoms with E-state index in [0.717, 1.165) is 77.5 Å². The first-order valence-corrected chi connectivity index (χ1v) is 23.5. The number of hydrogen-bond donors (Lipinski definition) is 0. The number of benzene rings is 9. The van der Waals surface area contributed by atoms with Crippen LogP contribution in [0.3, 0.4) is 0 Å². The van der Waals surface area contributed by atoms with Gasteiger partial charge < -0.3 is 18.6 Å². The van der Waals surface area contributed by atoms with Crippen molar-refractivity contribution in [3.63, 3.8) is 0 Å². The zero-order valence-corrected chi connectivity index (χ0v) is 38.7. The lowest BCUT2D eigenvalue weighted by atomic mass is 9.33. The molecule has 0 saturated heterocycles. The molecule has 2 aliphatic heterocycles. The van der Waals surface area contributed by atoms with Gasteiger partial charge >= 0.3 is 0 Å². The van der Waals surface area contributed by atoms with Crippen LogP contribution in [0.5, 0.6) is 0 Å². The maximum Gasteiger partial charge on any atom is 0.252 e. The summed E-state index contributed by atoms with van der Waals surface area (Å²) >= 11 is 0. The van der Waals surface area contributed by atoms with Crippen LogP contribution in [0.1, 0.15) is 52.7 Å². The summed E-state index contributed by atoms with van der Waals surface area (Å²) in [6.45, 7) is 13.9. The standard InChI is InChI=1S/C62H49BN2O2/c1-61(2,3)40-29-35-52-51(36-40)63-50-34-28-41(62(4,5)6)37-55(50)65(43-32-26-39(27-33-43)45-17-12-19-49-47-15-8-10-23-57(47)67-60(45)49)54-21-13-20-53(58(54)63)64(52)42-30-24-38(25-31-42)44-16-11-18-48-46-14-7-9-22-56(46)66-59(44)48/h7-37H,1-6H3. The van der Waals surface area contributed by atoms with Crippen LogP contribution >= 0.6 is 0 Å². The van der Waals surface area contributed by atoms with Crippen LogP contribution in [0, 0.1) is 0 Å². The molecule has 0 bridgehead atoms. The Hall–Kier alpha value is -7.76. The van der Waals surface area contributed by atoms with Gasteiger partial charge in [-0.2, -0.15) is 0 Å². The number of hydrogen-bond acceptors (Lipinski definition) is 4. The summed E-state index contributed by atoms with van der Waals surface area (Å²) in [6.07, 6.45) is 0. The van der Waals surface area contributed by atoms with Crippen LogP contribution in [-0.4, -0.2) is 6.71 Å². The van der Waals surface area contributed by atoms with Crippen molar-refractivity contribution >= 4 is 101 Å². The fourth-order valence-corrected chi connectivity index (χ4v) is 11.0.